The van der Waals surface area contributed by atoms with Crippen LogP contribution in [-0.2, 0) is 24.5 Å². The van der Waals surface area contributed by atoms with Crippen LogP contribution in [0.1, 0.15) is 25.8 Å². The lowest BCUT2D eigenvalue weighted by atomic mass is 9.78. The van der Waals surface area contributed by atoms with Gasteiger partial charge in [0.1, 0.15) is 5.70 Å². The quantitative estimate of drug-likeness (QED) is 0.664. The highest BCUT2D eigenvalue weighted by Gasteiger charge is 2.35. The predicted octanol–water partition coefficient (Wildman–Crippen LogP) is 0.980. The molecule has 27 heavy (non-hydrogen) atoms. The van der Waals surface area contributed by atoms with Crippen molar-refractivity contribution in [2.24, 2.45) is 0 Å². The summed E-state index contributed by atoms with van der Waals surface area (Å²) in [5, 5.41) is 15.0. The summed E-state index contributed by atoms with van der Waals surface area (Å²) in [7, 11) is 1.25. The van der Waals surface area contributed by atoms with Gasteiger partial charge in [0.25, 0.3) is 5.91 Å². The minimum absolute atomic E-state index is 0.0646. The molecule has 2 amide bonds. The highest BCUT2D eigenvalue weighted by Crippen LogP contribution is 2.38. The summed E-state index contributed by atoms with van der Waals surface area (Å²) < 4.78 is 4.77. The van der Waals surface area contributed by atoms with Crippen LogP contribution in [0.2, 0.25) is 0 Å². The van der Waals surface area contributed by atoms with Gasteiger partial charge in [0.05, 0.1) is 25.8 Å². The molecule has 0 aliphatic carbocycles. The molecule has 8 nitrogen and oxygen atoms in total. The van der Waals surface area contributed by atoms with E-state index in [1.165, 1.54) is 12.0 Å². The van der Waals surface area contributed by atoms with E-state index in [1.807, 2.05) is 26.0 Å². The van der Waals surface area contributed by atoms with E-state index in [0.717, 1.165) is 5.56 Å². The van der Waals surface area contributed by atoms with Gasteiger partial charge in [-0.1, -0.05) is 19.9 Å². The van der Waals surface area contributed by atoms with Gasteiger partial charge in [0.15, 0.2) is 0 Å². The topological polar surface area (TPSA) is 108 Å². The number of anilines is 2. The van der Waals surface area contributed by atoms with E-state index in [2.05, 4.69) is 10.6 Å². The second kappa shape index (κ2) is 7.03. The van der Waals surface area contributed by atoms with E-state index in [1.54, 1.807) is 6.07 Å². The maximum atomic E-state index is 12.6. The summed E-state index contributed by atoms with van der Waals surface area (Å²) in [6.45, 7) is 4.00. The lowest BCUT2D eigenvalue weighted by molar-refractivity contribution is -0.136. The van der Waals surface area contributed by atoms with Gasteiger partial charge >= 0.3 is 5.97 Å². The molecule has 2 heterocycles. The number of hydrogen-bond donors (Lipinski definition) is 3. The molecule has 1 aromatic rings. The molecular formula is C19H23N3O5. The number of β-amino-alcohol motifs (C(OH)–C–C–N with tert-alkyl or cyclic N) is 1. The minimum atomic E-state index is -0.598. The first kappa shape index (κ1) is 18.9. The number of carbonyl (C=O) groups is 3. The van der Waals surface area contributed by atoms with Crippen molar-refractivity contribution >= 4 is 29.2 Å². The van der Waals surface area contributed by atoms with Crippen LogP contribution in [0.25, 0.3) is 0 Å². The predicted molar refractivity (Wildman–Crippen MR) is 99.0 cm³/mol. The van der Waals surface area contributed by atoms with Crippen LogP contribution in [0.5, 0.6) is 0 Å². The van der Waals surface area contributed by atoms with Crippen molar-refractivity contribution in [2.45, 2.75) is 25.7 Å². The third kappa shape index (κ3) is 3.52. The van der Waals surface area contributed by atoms with Gasteiger partial charge < -0.3 is 25.4 Å². The number of nitrogens with zero attached hydrogens (tertiary/aromatic N) is 1. The highest BCUT2D eigenvalue weighted by atomic mass is 16.5. The average Bonchev–Trinajstić information content (AvgIpc) is 2.90. The largest absolute Gasteiger partial charge is 0.466 e. The summed E-state index contributed by atoms with van der Waals surface area (Å²) in [5.74, 6) is -1.05. The van der Waals surface area contributed by atoms with E-state index < -0.39 is 5.97 Å². The van der Waals surface area contributed by atoms with E-state index in [-0.39, 0.29) is 48.2 Å². The fraction of sp³-hybridized carbons (Fsp3) is 0.421. The van der Waals surface area contributed by atoms with Crippen molar-refractivity contribution in [3.8, 4) is 0 Å². The van der Waals surface area contributed by atoms with Crippen LogP contribution in [-0.4, -0.2) is 54.6 Å². The van der Waals surface area contributed by atoms with Gasteiger partial charge in [0, 0.05) is 29.8 Å². The number of aliphatic hydroxyl groups is 1. The van der Waals surface area contributed by atoms with Crippen molar-refractivity contribution in [1.82, 2.24) is 4.90 Å². The molecule has 3 N–H and O–H groups in total. The average molecular weight is 373 g/mol. The Balaban J connectivity index is 1.93. The number of methoxy groups -OCH3 is 1. The van der Waals surface area contributed by atoms with Crippen molar-refractivity contribution in [3.63, 3.8) is 0 Å². The lowest BCUT2D eigenvalue weighted by Gasteiger charge is -2.32. The Bertz CT molecular complexity index is 844. The molecule has 0 fully saturated rings. The third-order valence-corrected chi connectivity index (χ3v) is 4.85. The number of fused-ring (bicyclic) bond motifs is 1. The minimum Gasteiger partial charge on any atom is -0.466 e. The van der Waals surface area contributed by atoms with Gasteiger partial charge in [-0.05, 0) is 17.7 Å². The summed E-state index contributed by atoms with van der Waals surface area (Å²) in [4.78, 5) is 38.0. The summed E-state index contributed by atoms with van der Waals surface area (Å²) in [5.41, 5.74) is 2.30. The molecule has 2 aliphatic rings. The normalized spacial score (nSPS) is 18.3. The van der Waals surface area contributed by atoms with Crippen molar-refractivity contribution in [3.05, 3.63) is 35.0 Å². The van der Waals surface area contributed by atoms with Gasteiger partial charge in [-0.25, -0.2) is 4.79 Å². The third-order valence-electron chi connectivity index (χ3n) is 4.85. The Morgan fingerprint density at radius 2 is 2.11 bits per heavy atom. The first-order valence-electron chi connectivity index (χ1n) is 8.70. The van der Waals surface area contributed by atoms with Gasteiger partial charge in [-0.3, -0.25) is 9.59 Å². The highest BCUT2D eigenvalue weighted by molar-refractivity contribution is 6.08. The van der Waals surface area contributed by atoms with E-state index >= 15 is 0 Å². The number of benzene rings is 1. The van der Waals surface area contributed by atoms with E-state index in [9.17, 15) is 14.4 Å². The van der Waals surface area contributed by atoms with Crippen LogP contribution in [0, 0.1) is 0 Å². The molecule has 0 saturated carbocycles. The number of carbonyl (C=O) groups excluding carboxylic acids is 3. The second-order valence-electron chi connectivity index (χ2n) is 7.29. The Morgan fingerprint density at radius 3 is 2.78 bits per heavy atom. The summed E-state index contributed by atoms with van der Waals surface area (Å²) in [6.07, 6.45) is 0.402. The number of esters is 1. The molecular weight excluding hydrogens is 350 g/mol. The number of hydrogen-bond acceptors (Lipinski definition) is 6. The Hall–Kier alpha value is -2.87. The van der Waals surface area contributed by atoms with Crippen LogP contribution < -0.4 is 10.6 Å². The monoisotopic (exact) mass is 373 g/mol. The number of amides is 2. The Kier molecular flexibility index (Phi) is 4.93. The Labute approximate surface area is 157 Å². The molecule has 0 spiro atoms. The van der Waals surface area contributed by atoms with Crippen molar-refractivity contribution < 1.29 is 24.2 Å². The molecule has 0 radical (unpaired) electrons. The molecule has 0 unspecified atom stereocenters. The van der Waals surface area contributed by atoms with Crippen LogP contribution in [0.15, 0.2) is 29.5 Å². The standard InChI is InChI=1S/C19H23N3O5/c1-19(2)9-15(24)21-14-8-11(4-5-13(14)19)20-16-12(18(26)27-3)10-22(6-7-23)17(16)25/h4-5,8,20,23H,6-7,9-10H2,1-3H3,(H,21,24). The number of nitrogens with one attached hydrogen (secondary N) is 2. The molecule has 0 bridgehead atoms. The molecule has 0 aromatic heterocycles. The molecule has 0 saturated heterocycles. The zero-order valence-electron chi connectivity index (χ0n) is 15.6. The Morgan fingerprint density at radius 1 is 1.37 bits per heavy atom. The SMILES string of the molecule is COC(=O)C1=C(Nc2ccc3c(c2)NC(=O)CC3(C)C)C(=O)N(CCO)C1. The van der Waals surface area contributed by atoms with Gasteiger partial charge in [-0.15, -0.1) is 0 Å². The molecule has 1 aromatic carbocycles. The van der Waals surface area contributed by atoms with Crippen molar-refractivity contribution in [1.29, 1.82) is 0 Å². The molecule has 0 atom stereocenters. The summed E-state index contributed by atoms with van der Waals surface area (Å²) >= 11 is 0. The zero-order valence-corrected chi connectivity index (χ0v) is 15.6. The zero-order chi connectivity index (χ0) is 19.8. The van der Waals surface area contributed by atoms with E-state index in [4.69, 9.17) is 9.84 Å². The maximum absolute atomic E-state index is 12.6. The van der Waals surface area contributed by atoms with Gasteiger partial charge in [0.2, 0.25) is 5.91 Å². The van der Waals surface area contributed by atoms with E-state index in [0.29, 0.717) is 17.8 Å². The molecule has 8 heteroatoms. The number of aliphatic hydroxyl groups excluding tert-OH is 1. The first-order valence-corrected chi connectivity index (χ1v) is 8.70. The first-order chi connectivity index (χ1) is 12.8. The molecule has 2 aliphatic heterocycles. The van der Waals surface area contributed by atoms with Crippen LogP contribution in [0.4, 0.5) is 11.4 Å². The lowest BCUT2D eigenvalue weighted by Crippen LogP contribution is -2.32. The smallest absolute Gasteiger partial charge is 0.337 e. The fourth-order valence-corrected chi connectivity index (χ4v) is 3.50. The maximum Gasteiger partial charge on any atom is 0.337 e. The van der Waals surface area contributed by atoms with Gasteiger partial charge in [-0.2, -0.15) is 0 Å². The summed E-state index contributed by atoms with van der Waals surface area (Å²) in [6, 6.07) is 5.46. The number of rotatable bonds is 5. The number of ether oxygens (including phenoxy) is 1. The van der Waals surface area contributed by atoms with Crippen molar-refractivity contribution in [2.75, 3.05) is 37.4 Å². The molecule has 144 valence electrons. The molecule has 3 rings (SSSR count). The van der Waals surface area contributed by atoms with Crippen LogP contribution >= 0.6 is 0 Å². The second-order valence-corrected chi connectivity index (χ2v) is 7.29. The fourth-order valence-electron chi connectivity index (χ4n) is 3.50. The van der Waals surface area contributed by atoms with Crippen LogP contribution in [0.3, 0.4) is 0 Å².